The van der Waals surface area contributed by atoms with E-state index in [9.17, 15) is 9.59 Å². The van der Waals surface area contributed by atoms with Crippen LogP contribution in [0.4, 0.5) is 0 Å². The lowest BCUT2D eigenvalue weighted by molar-refractivity contribution is -0.134. The number of carboxylic acid groups (broad SMARTS) is 1. The van der Waals surface area contributed by atoms with E-state index in [0.29, 0.717) is 24.5 Å². The minimum absolute atomic E-state index is 0.134. The van der Waals surface area contributed by atoms with Crippen LogP contribution in [0.3, 0.4) is 0 Å². The fourth-order valence-corrected chi connectivity index (χ4v) is 4.95. The molecule has 2 aliphatic heterocycles. The first-order chi connectivity index (χ1) is 15.1. The third-order valence-electron chi connectivity index (χ3n) is 6.78. The number of aromatic carboxylic acids is 1. The Balaban J connectivity index is 1.28. The maximum Gasteiger partial charge on any atom is 0.374 e. The number of hydrogen-bond donors (Lipinski definition) is 2. The Morgan fingerprint density at radius 1 is 1.10 bits per heavy atom. The van der Waals surface area contributed by atoms with E-state index in [-0.39, 0.29) is 23.5 Å². The van der Waals surface area contributed by atoms with Gasteiger partial charge in [0.25, 0.3) is 0 Å². The fourth-order valence-electron chi connectivity index (χ4n) is 4.95. The van der Waals surface area contributed by atoms with Crippen molar-refractivity contribution >= 4 is 11.9 Å². The summed E-state index contributed by atoms with van der Waals surface area (Å²) in [6.45, 7) is 3.41. The molecule has 1 amide bonds. The second kappa shape index (κ2) is 10.1. The van der Waals surface area contributed by atoms with E-state index in [1.807, 2.05) is 11.0 Å². The number of likely N-dealkylation sites (tertiary alicyclic amines) is 1. The van der Waals surface area contributed by atoms with Gasteiger partial charge in [0, 0.05) is 25.6 Å². The lowest BCUT2D eigenvalue weighted by Crippen LogP contribution is -2.43. The van der Waals surface area contributed by atoms with E-state index in [4.69, 9.17) is 9.63 Å². The van der Waals surface area contributed by atoms with Crippen LogP contribution in [-0.2, 0) is 17.6 Å². The fraction of sp³-hybridized carbons (Fsp3) is 0.542. The van der Waals surface area contributed by atoms with Crippen molar-refractivity contribution in [2.45, 2.75) is 38.5 Å². The average molecular weight is 426 g/mol. The molecular formula is C24H31N3O4. The van der Waals surface area contributed by atoms with Crippen molar-refractivity contribution in [3.8, 4) is 0 Å². The molecule has 0 radical (unpaired) electrons. The summed E-state index contributed by atoms with van der Waals surface area (Å²) in [6.07, 6.45) is 5.35. The van der Waals surface area contributed by atoms with Crippen LogP contribution in [-0.4, -0.2) is 53.2 Å². The zero-order valence-electron chi connectivity index (χ0n) is 17.8. The van der Waals surface area contributed by atoms with Crippen molar-refractivity contribution in [1.82, 2.24) is 15.4 Å². The van der Waals surface area contributed by atoms with Gasteiger partial charge in [-0.05, 0) is 68.5 Å². The molecule has 2 N–H and O–H groups in total. The van der Waals surface area contributed by atoms with Gasteiger partial charge in [0.1, 0.15) is 0 Å². The molecule has 2 aromatic rings. The first-order valence-electron chi connectivity index (χ1n) is 11.3. The summed E-state index contributed by atoms with van der Waals surface area (Å²) in [6, 6.07) is 12.1. The Labute approximate surface area is 182 Å². The number of carbonyl (C=O) groups is 2. The molecule has 7 nitrogen and oxygen atoms in total. The third-order valence-corrected chi connectivity index (χ3v) is 6.78. The summed E-state index contributed by atoms with van der Waals surface area (Å²) in [4.78, 5) is 26.1. The molecule has 2 unspecified atom stereocenters. The topological polar surface area (TPSA) is 95.7 Å². The van der Waals surface area contributed by atoms with Gasteiger partial charge in [0.2, 0.25) is 11.7 Å². The number of hydrogen-bond acceptors (Lipinski definition) is 5. The number of piperidine rings is 2. The first-order valence-corrected chi connectivity index (χ1v) is 11.3. The Kier molecular flexibility index (Phi) is 7.02. The van der Waals surface area contributed by atoms with E-state index in [1.54, 1.807) is 0 Å². The molecule has 2 fully saturated rings. The number of benzene rings is 1. The van der Waals surface area contributed by atoms with Crippen molar-refractivity contribution < 1.29 is 19.2 Å². The van der Waals surface area contributed by atoms with Gasteiger partial charge < -0.3 is 19.8 Å². The predicted octanol–water partition coefficient (Wildman–Crippen LogP) is 3.01. The van der Waals surface area contributed by atoms with Crippen LogP contribution in [0.15, 0.2) is 40.9 Å². The summed E-state index contributed by atoms with van der Waals surface area (Å²) >= 11 is 0. The highest BCUT2D eigenvalue weighted by Crippen LogP contribution is 2.28. The Hall–Kier alpha value is -2.67. The van der Waals surface area contributed by atoms with Gasteiger partial charge in [-0.3, -0.25) is 4.79 Å². The minimum Gasteiger partial charge on any atom is -0.475 e. The second-order valence-electron chi connectivity index (χ2n) is 8.92. The number of carboxylic acids is 1. The number of nitrogens with zero attached hydrogens (tertiary/aromatic N) is 2. The lowest BCUT2D eigenvalue weighted by Gasteiger charge is -2.36. The molecule has 4 rings (SSSR count). The normalized spacial score (nSPS) is 22.4. The maximum atomic E-state index is 13.0. The summed E-state index contributed by atoms with van der Waals surface area (Å²) in [5.41, 5.74) is 2.02. The molecule has 0 aliphatic carbocycles. The first kappa shape index (κ1) is 21.6. The van der Waals surface area contributed by atoms with E-state index in [0.717, 1.165) is 51.9 Å². The predicted molar refractivity (Wildman–Crippen MR) is 116 cm³/mol. The van der Waals surface area contributed by atoms with Crippen molar-refractivity contribution in [1.29, 1.82) is 0 Å². The molecule has 0 bridgehead atoms. The molecule has 166 valence electrons. The molecule has 7 heteroatoms. The summed E-state index contributed by atoms with van der Waals surface area (Å²) in [5, 5.41) is 16.3. The van der Waals surface area contributed by atoms with Crippen molar-refractivity contribution in [2.75, 3.05) is 26.2 Å². The van der Waals surface area contributed by atoms with Gasteiger partial charge in [-0.25, -0.2) is 4.79 Å². The van der Waals surface area contributed by atoms with Gasteiger partial charge in [-0.15, -0.1) is 0 Å². The molecule has 3 heterocycles. The Morgan fingerprint density at radius 2 is 1.87 bits per heavy atom. The van der Waals surface area contributed by atoms with Gasteiger partial charge in [0.15, 0.2) is 0 Å². The highest BCUT2D eigenvalue weighted by molar-refractivity contribution is 5.84. The van der Waals surface area contributed by atoms with E-state index in [1.165, 1.54) is 11.6 Å². The van der Waals surface area contributed by atoms with Crippen LogP contribution < -0.4 is 5.32 Å². The molecule has 2 aliphatic rings. The van der Waals surface area contributed by atoms with Crippen LogP contribution in [0.25, 0.3) is 0 Å². The number of nitrogens with one attached hydrogen (secondary N) is 1. The van der Waals surface area contributed by atoms with E-state index >= 15 is 0 Å². The van der Waals surface area contributed by atoms with E-state index in [2.05, 4.69) is 34.7 Å². The Bertz CT molecular complexity index is 874. The Morgan fingerprint density at radius 3 is 2.58 bits per heavy atom. The molecule has 1 aromatic carbocycles. The zero-order valence-corrected chi connectivity index (χ0v) is 17.8. The van der Waals surface area contributed by atoms with Crippen LogP contribution in [0.2, 0.25) is 0 Å². The standard InChI is InChI=1S/C24H31N3O4/c28-23(27-10-7-18(8-11-27)12-17-4-2-1-3-5-17)14-19-6-9-25-16-20(19)13-21-15-22(24(29)30)31-26-21/h1-5,15,18-20,25H,6-14,16H2,(H,29,30). The average Bonchev–Trinajstić information content (AvgIpc) is 3.25. The van der Waals surface area contributed by atoms with Crippen LogP contribution in [0.5, 0.6) is 0 Å². The highest BCUT2D eigenvalue weighted by Gasteiger charge is 2.31. The number of rotatable bonds is 7. The molecule has 2 atom stereocenters. The number of amides is 1. The smallest absolute Gasteiger partial charge is 0.374 e. The molecule has 1 aromatic heterocycles. The van der Waals surface area contributed by atoms with Crippen LogP contribution in [0, 0.1) is 17.8 Å². The SMILES string of the molecule is O=C(O)c1cc(CC2CNCCC2CC(=O)N2CCC(Cc3ccccc3)CC2)no1. The van der Waals surface area contributed by atoms with Gasteiger partial charge >= 0.3 is 5.97 Å². The largest absolute Gasteiger partial charge is 0.475 e. The van der Waals surface area contributed by atoms with Crippen LogP contribution in [0.1, 0.15) is 47.5 Å². The molecule has 0 saturated carbocycles. The van der Waals surface area contributed by atoms with Gasteiger partial charge in [-0.1, -0.05) is 35.5 Å². The molecular weight excluding hydrogens is 394 g/mol. The lowest BCUT2D eigenvalue weighted by atomic mass is 9.80. The van der Waals surface area contributed by atoms with Crippen molar-refractivity contribution in [3.63, 3.8) is 0 Å². The zero-order chi connectivity index (χ0) is 21.6. The monoisotopic (exact) mass is 425 g/mol. The third kappa shape index (κ3) is 5.73. The molecule has 0 spiro atoms. The molecule has 31 heavy (non-hydrogen) atoms. The van der Waals surface area contributed by atoms with Crippen molar-refractivity contribution in [2.24, 2.45) is 17.8 Å². The van der Waals surface area contributed by atoms with Gasteiger partial charge in [-0.2, -0.15) is 0 Å². The van der Waals surface area contributed by atoms with Crippen molar-refractivity contribution in [3.05, 3.63) is 53.4 Å². The summed E-state index contributed by atoms with van der Waals surface area (Å²) < 4.78 is 4.89. The second-order valence-corrected chi connectivity index (χ2v) is 8.92. The maximum absolute atomic E-state index is 13.0. The highest BCUT2D eigenvalue weighted by atomic mass is 16.5. The van der Waals surface area contributed by atoms with E-state index < -0.39 is 5.97 Å². The number of aromatic nitrogens is 1. The molecule has 2 saturated heterocycles. The summed E-state index contributed by atoms with van der Waals surface area (Å²) in [7, 11) is 0. The quantitative estimate of drug-likeness (QED) is 0.708. The number of carbonyl (C=O) groups excluding carboxylic acids is 1. The summed E-state index contributed by atoms with van der Waals surface area (Å²) in [5.74, 6) is 0.184. The van der Waals surface area contributed by atoms with Gasteiger partial charge in [0.05, 0.1) is 5.69 Å². The minimum atomic E-state index is -1.11. The van der Waals surface area contributed by atoms with Crippen LogP contribution >= 0.6 is 0 Å².